The van der Waals surface area contributed by atoms with Gasteiger partial charge >= 0.3 is 0 Å². The second kappa shape index (κ2) is 3.28. The average Bonchev–Trinajstić information content (AvgIpc) is 1.89. The standard InChI is InChI=1S/C7H13NS/c8-7-4-2-1-3-6(7)5-9/h5-7H,1-4,8H2. The van der Waals surface area contributed by atoms with Crippen molar-refractivity contribution in [2.75, 3.05) is 0 Å². The molecule has 0 aromatic carbocycles. The summed E-state index contributed by atoms with van der Waals surface area (Å²) in [6, 6.07) is 0.358. The first-order valence-corrected chi connectivity index (χ1v) is 4.02. The van der Waals surface area contributed by atoms with Gasteiger partial charge in [-0.1, -0.05) is 25.1 Å². The summed E-state index contributed by atoms with van der Waals surface area (Å²) in [4.78, 5) is 0. The van der Waals surface area contributed by atoms with E-state index in [2.05, 4.69) is 0 Å². The predicted octanol–water partition coefficient (Wildman–Crippen LogP) is 1.50. The lowest BCUT2D eigenvalue weighted by molar-refractivity contribution is 0.388. The van der Waals surface area contributed by atoms with Gasteiger partial charge in [-0.3, -0.25) is 0 Å². The fourth-order valence-electron chi connectivity index (χ4n) is 1.36. The van der Waals surface area contributed by atoms with Gasteiger partial charge in [0.1, 0.15) is 0 Å². The summed E-state index contributed by atoms with van der Waals surface area (Å²) in [5, 5.41) is 1.84. The molecular formula is C7H13NS. The molecule has 9 heavy (non-hydrogen) atoms. The minimum Gasteiger partial charge on any atom is -0.327 e. The lowest BCUT2D eigenvalue weighted by Crippen LogP contribution is -2.33. The van der Waals surface area contributed by atoms with Crippen LogP contribution in [0.3, 0.4) is 0 Å². The summed E-state index contributed by atoms with van der Waals surface area (Å²) in [6.07, 6.45) is 4.98. The molecule has 0 radical (unpaired) electrons. The molecule has 0 bridgehead atoms. The van der Waals surface area contributed by atoms with E-state index >= 15 is 0 Å². The van der Waals surface area contributed by atoms with Crippen LogP contribution in [0.4, 0.5) is 0 Å². The zero-order chi connectivity index (χ0) is 6.69. The van der Waals surface area contributed by atoms with Crippen molar-refractivity contribution in [2.45, 2.75) is 31.7 Å². The van der Waals surface area contributed by atoms with E-state index in [1.807, 2.05) is 5.37 Å². The largest absolute Gasteiger partial charge is 0.327 e. The van der Waals surface area contributed by atoms with Crippen LogP contribution in [0, 0.1) is 5.92 Å². The molecular weight excluding hydrogens is 130 g/mol. The summed E-state index contributed by atoms with van der Waals surface area (Å²) in [6.45, 7) is 0. The molecule has 2 N–H and O–H groups in total. The molecule has 0 spiro atoms. The Bertz CT molecular complexity index is 103. The van der Waals surface area contributed by atoms with E-state index < -0.39 is 0 Å². The molecule has 2 atom stereocenters. The monoisotopic (exact) mass is 143 g/mol. The predicted molar refractivity (Wildman–Crippen MR) is 43.6 cm³/mol. The molecule has 1 aliphatic rings. The van der Waals surface area contributed by atoms with Gasteiger partial charge in [-0.25, -0.2) is 0 Å². The highest BCUT2D eigenvalue weighted by Crippen LogP contribution is 2.20. The van der Waals surface area contributed by atoms with Gasteiger partial charge in [-0.15, -0.1) is 0 Å². The van der Waals surface area contributed by atoms with Crippen LogP contribution in [-0.4, -0.2) is 11.4 Å². The summed E-state index contributed by atoms with van der Waals surface area (Å²) < 4.78 is 0. The van der Waals surface area contributed by atoms with Crippen LogP contribution in [0.1, 0.15) is 25.7 Å². The topological polar surface area (TPSA) is 26.0 Å². The maximum Gasteiger partial charge on any atom is 0.0110 e. The van der Waals surface area contributed by atoms with Crippen molar-refractivity contribution in [2.24, 2.45) is 11.7 Å². The number of hydrogen-bond acceptors (Lipinski definition) is 2. The molecule has 0 saturated heterocycles. The highest BCUT2D eigenvalue weighted by atomic mass is 32.1. The van der Waals surface area contributed by atoms with E-state index in [0.717, 1.165) is 6.42 Å². The zero-order valence-corrected chi connectivity index (χ0v) is 6.36. The first-order chi connectivity index (χ1) is 4.34. The first kappa shape index (κ1) is 7.16. The second-order valence-electron chi connectivity index (χ2n) is 2.75. The molecule has 0 heterocycles. The third kappa shape index (κ3) is 1.73. The maximum absolute atomic E-state index is 5.79. The number of hydrogen-bond donors (Lipinski definition) is 1. The van der Waals surface area contributed by atoms with E-state index in [1.54, 1.807) is 0 Å². The molecule has 2 unspecified atom stereocenters. The third-order valence-electron chi connectivity index (χ3n) is 2.05. The lowest BCUT2D eigenvalue weighted by Gasteiger charge is -2.24. The average molecular weight is 143 g/mol. The molecule has 52 valence electrons. The molecule has 0 aromatic heterocycles. The Morgan fingerprint density at radius 2 is 2.00 bits per heavy atom. The number of thiocarbonyl (C=S) groups is 1. The van der Waals surface area contributed by atoms with E-state index in [1.165, 1.54) is 19.3 Å². The van der Waals surface area contributed by atoms with Crippen LogP contribution in [0.15, 0.2) is 0 Å². The smallest absolute Gasteiger partial charge is 0.0110 e. The number of nitrogens with two attached hydrogens (primary N) is 1. The lowest BCUT2D eigenvalue weighted by atomic mass is 9.87. The van der Waals surface area contributed by atoms with Gasteiger partial charge in [0.2, 0.25) is 0 Å². The highest BCUT2D eigenvalue weighted by molar-refractivity contribution is 7.79. The fourth-order valence-corrected chi connectivity index (χ4v) is 1.70. The molecule has 0 aliphatic heterocycles. The van der Waals surface area contributed by atoms with Crippen molar-refractivity contribution in [3.8, 4) is 0 Å². The summed E-state index contributed by atoms with van der Waals surface area (Å²) in [5.41, 5.74) is 5.79. The van der Waals surface area contributed by atoms with Crippen LogP contribution in [0.2, 0.25) is 0 Å². The Labute approximate surface area is 61.6 Å². The Morgan fingerprint density at radius 3 is 2.44 bits per heavy atom. The number of rotatable bonds is 1. The molecule has 1 rings (SSSR count). The van der Waals surface area contributed by atoms with E-state index in [0.29, 0.717) is 12.0 Å². The normalized spacial score (nSPS) is 36.1. The van der Waals surface area contributed by atoms with Crippen LogP contribution >= 0.6 is 12.2 Å². The minimum atomic E-state index is 0.358. The van der Waals surface area contributed by atoms with Crippen LogP contribution < -0.4 is 5.73 Å². The Kier molecular flexibility index (Phi) is 2.61. The van der Waals surface area contributed by atoms with Crippen molar-refractivity contribution in [3.63, 3.8) is 0 Å². The first-order valence-electron chi connectivity index (χ1n) is 3.55. The van der Waals surface area contributed by atoms with Crippen molar-refractivity contribution in [3.05, 3.63) is 0 Å². The Balaban J connectivity index is 2.38. The van der Waals surface area contributed by atoms with E-state index in [9.17, 15) is 0 Å². The van der Waals surface area contributed by atoms with Crippen molar-refractivity contribution < 1.29 is 0 Å². The summed E-state index contributed by atoms with van der Waals surface area (Å²) in [7, 11) is 0. The van der Waals surface area contributed by atoms with Crippen molar-refractivity contribution >= 4 is 17.6 Å². The molecule has 0 aromatic rings. The summed E-state index contributed by atoms with van der Waals surface area (Å²) in [5.74, 6) is 0.522. The minimum absolute atomic E-state index is 0.358. The van der Waals surface area contributed by atoms with Crippen LogP contribution in [-0.2, 0) is 0 Å². The van der Waals surface area contributed by atoms with E-state index in [4.69, 9.17) is 18.0 Å². The van der Waals surface area contributed by atoms with Gasteiger partial charge in [0.15, 0.2) is 0 Å². The summed E-state index contributed by atoms with van der Waals surface area (Å²) >= 11 is 4.84. The third-order valence-corrected chi connectivity index (χ3v) is 2.40. The highest BCUT2D eigenvalue weighted by Gasteiger charge is 2.18. The van der Waals surface area contributed by atoms with Gasteiger partial charge in [-0.2, -0.15) is 0 Å². The molecule has 1 nitrogen and oxygen atoms in total. The van der Waals surface area contributed by atoms with Crippen molar-refractivity contribution in [1.82, 2.24) is 0 Å². The van der Waals surface area contributed by atoms with Crippen LogP contribution in [0.25, 0.3) is 0 Å². The molecule has 2 heteroatoms. The van der Waals surface area contributed by atoms with Gasteiger partial charge in [-0.05, 0) is 18.2 Å². The molecule has 1 fully saturated rings. The van der Waals surface area contributed by atoms with Crippen molar-refractivity contribution in [1.29, 1.82) is 0 Å². The quantitative estimate of drug-likeness (QED) is 0.563. The Hall–Kier alpha value is 0.0500. The molecule has 0 amide bonds. The fraction of sp³-hybridized carbons (Fsp3) is 0.857. The zero-order valence-electron chi connectivity index (χ0n) is 5.55. The Morgan fingerprint density at radius 1 is 1.33 bits per heavy atom. The van der Waals surface area contributed by atoms with Gasteiger partial charge < -0.3 is 5.73 Å². The van der Waals surface area contributed by atoms with Gasteiger partial charge in [0.25, 0.3) is 0 Å². The van der Waals surface area contributed by atoms with E-state index in [-0.39, 0.29) is 0 Å². The van der Waals surface area contributed by atoms with Gasteiger partial charge in [0, 0.05) is 12.0 Å². The molecule has 1 aliphatic carbocycles. The molecule has 1 saturated carbocycles. The SMILES string of the molecule is NC1CCCCC1C=S. The second-order valence-corrected chi connectivity index (χ2v) is 3.02. The van der Waals surface area contributed by atoms with Crippen LogP contribution in [0.5, 0.6) is 0 Å². The van der Waals surface area contributed by atoms with Gasteiger partial charge in [0.05, 0.1) is 0 Å². The maximum atomic E-state index is 5.79.